The molecule has 4 heteroatoms. The van der Waals surface area contributed by atoms with Gasteiger partial charge in [-0.3, -0.25) is 0 Å². The molecule has 124 valence electrons. The van der Waals surface area contributed by atoms with Crippen molar-refractivity contribution in [1.82, 2.24) is 10.6 Å². The smallest absolute Gasteiger partial charge is 0.197 e. The van der Waals surface area contributed by atoms with Crippen LogP contribution in [0.4, 0.5) is 5.69 Å². The molecule has 2 aromatic carbocycles. The number of hydrogen-bond acceptors (Lipinski definition) is 4. The zero-order chi connectivity index (χ0) is 16.6. The number of nitrogens with zero attached hydrogens (tertiary/aromatic N) is 1. The van der Waals surface area contributed by atoms with E-state index in [0.29, 0.717) is 6.04 Å². The van der Waals surface area contributed by atoms with Crippen molar-refractivity contribution >= 4 is 23.0 Å². The molecule has 25 heavy (non-hydrogen) atoms. The molecule has 2 unspecified atom stereocenters. The summed E-state index contributed by atoms with van der Waals surface area (Å²) >= 11 is 1.73. The Morgan fingerprint density at radius 3 is 2.72 bits per heavy atom. The monoisotopic (exact) mass is 345 g/mol. The van der Waals surface area contributed by atoms with Crippen molar-refractivity contribution < 1.29 is 0 Å². The second-order valence-electron chi connectivity index (χ2n) is 6.59. The number of guanidine groups is 1. The number of nitrogens with one attached hydrogen (secondary N) is 2. The molecule has 0 radical (unpaired) electrons. The second kappa shape index (κ2) is 6.05. The molecule has 5 rings (SSSR count). The fourth-order valence-electron chi connectivity index (χ4n) is 3.85. The lowest BCUT2D eigenvalue weighted by molar-refractivity contribution is 0.607. The third-order valence-electron chi connectivity index (χ3n) is 5.08. The Balaban J connectivity index is 1.48. The summed E-state index contributed by atoms with van der Waals surface area (Å²) < 4.78 is 0. The van der Waals surface area contributed by atoms with Crippen LogP contribution in [0.3, 0.4) is 0 Å². The summed E-state index contributed by atoms with van der Waals surface area (Å²) in [6, 6.07) is 19.8. The minimum atomic E-state index is 0.152. The van der Waals surface area contributed by atoms with Crippen LogP contribution in [-0.4, -0.2) is 5.96 Å². The first-order chi connectivity index (χ1) is 12.4. The average Bonchev–Trinajstić information content (AvgIpc) is 3.32. The minimum Gasteiger partial charge on any atom is -0.349 e. The first-order valence-corrected chi connectivity index (χ1v) is 9.63. The van der Waals surface area contributed by atoms with Crippen LogP contribution in [0.2, 0.25) is 0 Å². The van der Waals surface area contributed by atoms with E-state index < -0.39 is 0 Å². The van der Waals surface area contributed by atoms with Crippen molar-refractivity contribution in [3.8, 4) is 0 Å². The summed E-state index contributed by atoms with van der Waals surface area (Å²) in [5.41, 5.74) is 6.42. The third-order valence-corrected chi connectivity index (χ3v) is 5.78. The maximum atomic E-state index is 4.84. The largest absolute Gasteiger partial charge is 0.349 e. The van der Waals surface area contributed by atoms with E-state index in [1.54, 1.807) is 11.3 Å². The number of benzene rings is 2. The number of para-hydroxylation sites is 1. The lowest BCUT2D eigenvalue weighted by Gasteiger charge is -2.29. The Morgan fingerprint density at radius 1 is 1.00 bits per heavy atom. The van der Waals surface area contributed by atoms with Crippen molar-refractivity contribution in [1.29, 1.82) is 0 Å². The summed E-state index contributed by atoms with van der Waals surface area (Å²) in [5, 5.41) is 11.6. The van der Waals surface area contributed by atoms with E-state index in [4.69, 9.17) is 4.99 Å². The highest BCUT2D eigenvalue weighted by Crippen LogP contribution is 2.35. The van der Waals surface area contributed by atoms with Gasteiger partial charge in [-0.2, -0.15) is 11.3 Å². The predicted molar refractivity (Wildman–Crippen MR) is 103 cm³/mol. The van der Waals surface area contributed by atoms with Gasteiger partial charge in [0.1, 0.15) is 0 Å². The highest BCUT2D eigenvalue weighted by Gasteiger charge is 2.27. The van der Waals surface area contributed by atoms with Gasteiger partial charge in [-0.05, 0) is 52.4 Å². The van der Waals surface area contributed by atoms with Crippen molar-refractivity contribution in [2.75, 3.05) is 0 Å². The molecule has 0 amide bonds. The van der Waals surface area contributed by atoms with Gasteiger partial charge < -0.3 is 10.6 Å². The summed E-state index contributed by atoms with van der Waals surface area (Å²) in [4.78, 5) is 4.84. The van der Waals surface area contributed by atoms with Crippen LogP contribution in [0.5, 0.6) is 0 Å². The number of aryl methyl sites for hydroxylation is 1. The lowest BCUT2D eigenvalue weighted by atomic mass is 9.98. The summed E-state index contributed by atoms with van der Waals surface area (Å²) in [6.07, 6.45) is 2.25. The molecule has 3 nitrogen and oxygen atoms in total. The van der Waals surface area contributed by atoms with Gasteiger partial charge in [-0.25, -0.2) is 4.99 Å². The summed E-state index contributed by atoms with van der Waals surface area (Å²) in [5.74, 6) is 0.872. The Bertz CT molecular complexity index is 930. The minimum absolute atomic E-state index is 0.152. The van der Waals surface area contributed by atoms with E-state index in [2.05, 4.69) is 76.0 Å². The molecule has 3 aromatic rings. The van der Waals surface area contributed by atoms with E-state index >= 15 is 0 Å². The first kappa shape index (κ1) is 14.7. The molecule has 2 aliphatic rings. The van der Waals surface area contributed by atoms with Crippen LogP contribution in [0.25, 0.3) is 0 Å². The maximum absolute atomic E-state index is 4.84. The molecule has 1 aliphatic heterocycles. The first-order valence-electron chi connectivity index (χ1n) is 8.69. The van der Waals surface area contributed by atoms with E-state index in [1.165, 1.54) is 22.3 Å². The molecule has 2 atom stereocenters. The lowest BCUT2D eigenvalue weighted by Crippen LogP contribution is -2.42. The molecule has 0 saturated carbocycles. The van der Waals surface area contributed by atoms with Crippen molar-refractivity contribution in [3.63, 3.8) is 0 Å². The van der Waals surface area contributed by atoms with Gasteiger partial charge in [0.2, 0.25) is 0 Å². The van der Waals surface area contributed by atoms with Crippen LogP contribution in [-0.2, 0) is 6.42 Å². The maximum Gasteiger partial charge on any atom is 0.197 e. The van der Waals surface area contributed by atoms with E-state index in [0.717, 1.165) is 24.5 Å². The Kier molecular flexibility index (Phi) is 3.56. The number of thiophene rings is 1. The summed E-state index contributed by atoms with van der Waals surface area (Å²) in [6.45, 7) is 0. The highest BCUT2D eigenvalue weighted by atomic mass is 32.1. The van der Waals surface area contributed by atoms with Gasteiger partial charge in [0, 0.05) is 5.56 Å². The molecule has 1 aliphatic carbocycles. The SMILES string of the molecule is c1ccc2c(c1)CCC2NC1=Nc2ccccc2C(c2ccsc2)N1. The Hall–Kier alpha value is -2.59. The molecular weight excluding hydrogens is 326 g/mol. The van der Waals surface area contributed by atoms with Crippen molar-refractivity contribution in [2.45, 2.75) is 24.9 Å². The van der Waals surface area contributed by atoms with Crippen LogP contribution in [0.15, 0.2) is 70.3 Å². The Morgan fingerprint density at radius 2 is 1.84 bits per heavy atom. The molecule has 0 fully saturated rings. The van der Waals surface area contributed by atoms with Gasteiger partial charge in [-0.15, -0.1) is 0 Å². The van der Waals surface area contributed by atoms with Gasteiger partial charge >= 0.3 is 0 Å². The van der Waals surface area contributed by atoms with Gasteiger partial charge in [0.15, 0.2) is 5.96 Å². The molecule has 2 heterocycles. The molecule has 0 spiro atoms. The summed E-state index contributed by atoms with van der Waals surface area (Å²) in [7, 11) is 0. The van der Waals surface area contributed by atoms with Crippen LogP contribution in [0.1, 0.15) is 40.8 Å². The molecular formula is C21H19N3S. The van der Waals surface area contributed by atoms with Crippen LogP contribution < -0.4 is 10.6 Å². The number of fused-ring (bicyclic) bond motifs is 2. The standard InChI is InChI=1S/C21H19N3S/c1-2-6-16-14(5-1)9-10-19(16)23-21-22-18-8-4-3-7-17(18)20(24-21)15-11-12-25-13-15/h1-8,11-13,19-20H,9-10H2,(H2,22,23,24). The van der Waals surface area contributed by atoms with Crippen LogP contribution in [0, 0.1) is 0 Å². The molecule has 0 saturated heterocycles. The van der Waals surface area contributed by atoms with E-state index in [9.17, 15) is 0 Å². The predicted octanol–water partition coefficient (Wildman–Crippen LogP) is 4.71. The zero-order valence-corrected chi connectivity index (χ0v) is 14.6. The molecule has 2 N–H and O–H groups in total. The van der Waals surface area contributed by atoms with Crippen LogP contribution >= 0.6 is 11.3 Å². The fraction of sp³-hybridized carbons (Fsp3) is 0.190. The topological polar surface area (TPSA) is 36.4 Å². The third kappa shape index (κ3) is 2.63. The number of aliphatic imine (C=N–C) groups is 1. The molecule has 1 aromatic heterocycles. The van der Waals surface area contributed by atoms with E-state index in [1.807, 2.05) is 0 Å². The van der Waals surface area contributed by atoms with Crippen molar-refractivity contribution in [2.24, 2.45) is 4.99 Å². The van der Waals surface area contributed by atoms with Gasteiger partial charge in [0.05, 0.1) is 17.8 Å². The zero-order valence-electron chi connectivity index (χ0n) is 13.8. The average molecular weight is 345 g/mol. The van der Waals surface area contributed by atoms with Gasteiger partial charge in [-0.1, -0.05) is 42.5 Å². The Labute approximate surface area is 151 Å². The normalized spacial score (nSPS) is 21.0. The van der Waals surface area contributed by atoms with Gasteiger partial charge in [0.25, 0.3) is 0 Å². The van der Waals surface area contributed by atoms with Crippen molar-refractivity contribution in [3.05, 3.63) is 87.6 Å². The quantitative estimate of drug-likeness (QED) is 0.706. The second-order valence-corrected chi connectivity index (χ2v) is 7.37. The van der Waals surface area contributed by atoms with E-state index in [-0.39, 0.29) is 6.04 Å². The number of hydrogen-bond donors (Lipinski definition) is 2. The molecule has 0 bridgehead atoms. The number of rotatable bonds is 2. The highest BCUT2D eigenvalue weighted by molar-refractivity contribution is 7.08. The fourth-order valence-corrected chi connectivity index (χ4v) is 4.53.